The Labute approximate surface area is 121 Å². The number of Topliss-reactive ketones (excluding diaryl/α,β-unsaturated/α-hetero) is 1. The van der Waals surface area contributed by atoms with Crippen LogP contribution in [0.4, 0.5) is 4.39 Å². The van der Waals surface area contributed by atoms with Gasteiger partial charge in [0.1, 0.15) is 5.82 Å². The van der Waals surface area contributed by atoms with Gasteiger partial charge in [0, 0.05) is 10.6 Å². The molecule has 0 unspecified atom stereocenters. The van der Waals surface area contributed by atoms with Gasteiger partial charge in [-0.05, 0) is 41.5 Å². The molecule has 0 aliphatic heterocycles. The number of rotatable bonds is 4. The second kappa shape index (κ2) is 6.46. The summed E-state index contributed by atoms with van der Waals surface area (Å²) in [5, 5.41) is 0.621. The number of benzene rings is 2. The molecule has 2 rings (SSSR count). The molecule has 0 spiro atoms. The maximum Gasteiger partial charge on any atom is 0.176 e. The summed E-state index contributed by atoms with van der Waals surface area (Å²) in [7, 11) is 0. The number of nitrogens with two attached hydrogens (primary N) is 1. The zero-order valence-corrected chi connectivity index (χ0v) is 11.4. The fourth-order valence-electron chi connectivity index (χ4n) is 1.79. The van der Waals surface area contributed by atoms with Crippen LogP contribution in [0.25, 0.3) is 11.6 Å². The Morgan fingerprint density at radius 1 is 1.10 bits per heavy atom. The van der Waals surface area contributed by atoms with Crippen molar-refractivity contribution in [3.8, 4) is 0 Å². The number of carbonyl (C=O) groups excluding carboxylic acids is 1. The average Bonchev–Trinajstić information content (AvgIpc) is 2.47. The predicted molar refractivity (Wildman–Crippen MR) is 79.8 cm³/mol. The van der Waals surface area contributed by atoms with Crippen LogP contribution in [0, 0.1) is 5.82 Å². The van der Waals surface area contributed by atoms with Crippen LogP contribution in [0.3, 0.4) is 0 Å². The monoisotopic (exact) mass is 289 g/mol. The van der Waals surface area contributed by atoms with E-state index in [1.165, 1.54) is 12.1 Å². The molecule has 0 aromatic heterocycles. The van der Waals surface area contributed by atoms with Gasteiger partial charge >= 0.3 is 0 Å². The van der Waals surface area contributed by atoms with E-state index in [0.29, 0.717) is 16.2 Å². The smallest absolute Gasteiger partial charge is 0.176 e. The van der Waals surface area contributed by atoms with Crippen molar-refractivity contribution in [3.63, 3.8) is 0 Å². The van der Waals surface area contributed by atoms with Gasteiger partial charge in [-0.1, -0.05) is 35.9 Å². The first kappa shape index (κ1) is 14.4. The Kier molecular flexibility index (Phi) is 4.66. The van der Waals surface area contributed by atoms with Crippen molar-refractivity contribution in [3.05, 3.63) is 70.5 Å². The van der Waals surface area contributed by atoms with E-state index >= 15 is 0 Å². The van der Waals surface area contributed by atoms with Crippen LogP contribution in [0.15, 0.2) is 48.5 Å². The minimum Gasteiger partial charge on any atom is -0.324 e. The highest BCUT2D eigenvalue weighted by molar-refractivity contribution is 6.30. The quantitative estimate of drug-likeness (QED) is 0.691. The third-order valence-corrected chi connectivity index (χ3v) is 3.07. The highest BCUT2D eigenvalue weighted by Crippen LogP contribution is 2.20. The molecule has 0 amide bonds. The van der Waals surface area contributed by atoms with Crippen molar-refractivity contribution in [1.29, 1.82) is 0 Å². The highest BCUT2D eigenvalue weighted by Gasteiger charge is 2.10. The lowest BCUT2D eigenvalue weighted by Crippen LogP contribution is -2.15. The van der Waals surface area contributed by atoms with Gasteiger partial charge in [-0.15, -0.1) is 0 Å². The lowest BCUT2D eigenvalue weighted by Gasteiger charge is -2.06. The second-order valence-electron chi connectivity index (χ2n) is 4.24. The molecule has 4 heteroatoms. The van der Waals surface area contributed by atoms with E-state index < -0.39 is 0 Å². The average molecular weight is 290 g/mol. The lowest BCUT2D eigenvalue weighted by molar-refractivity contribution is -0.112. The maximum atomic E-state index is 13.0. The summed E-state index contributed by atoms with van der Waals surface area (Å²) in [6.07, 6.45) is 1.72. The summed E-state index contributed by atoms with van der Waals surface area (Å²) >= 11 is 5.82. The summed E-state index contributed by atoms with van der Waals surface area (Å²) in [4.78, 5) is 12.0. The first-order valence-corrected chi connectivity index (χ1v) is 6.44. The predicted octanol–water partition coefficient (Wildman–Crippen LogP) is 3.55. The summed E-state index contributed by atoms with van der Waals surface area (Å²) < 4.78 is 13.0. The van der Waals surface area contributed by atoms with E-state index in [-0.39, 0.29) is 18.1 Å². The fraction of sp³-hybridized carbons (Fsp3) is 0.0625. The molecule has 0 saturated carbocycles. The molecular weight excluding hydrogens is 277 g/mol. The van der Waals surface area contributed by atoms with Crippen molar-refractivity contribution in [1.82, 2.24) is 0 Å². The molecule has 20 heavy (non-hydrogen) atoms. The minimum absolute atomic E-state index is 0.100. The van der Waals surface area contributed by atoms with E-state index in [4.69, 9.17) is 17.3 Å². The van der Waals surface area contributed by atoms with Gasteiger partial charge in [0.25, 0.3) is 0 Å². The van der Waals surface area contributed by atoms with Crippen molar-refractivity contribution in [2.75, 3.05) is 6.54 Å². The van der Waals surface area contributed by atoms with Crippen LogP contribution in [0.5, 0.6) is 0 Å². The zero-order chi connectivity index (χ0) is 14.5. The Balaban J connectivity index is 2.44. The summed E-state index contributed by atoms with van der Waals surface area (Å²) in [6, 6.07) is 12.8. The van der Waals surface area contributed by atoms with Crippen LogP contribution in [0.2, 0.25) is 5.02 Å². The standard InChI is InChI=1S/C16H13ClFNO/c17-13-5-1-11(2-6-13)9-15(16(20)10-19)12-3-7-14(18)8-4-12/h1-9H,10,19H2/b15-9+. The van der Waals surface area contributed by atoms with Gasteiger partial charge in [-0.2, -0.15) is 0 Å². The largest absolute Gasteiger partial charge is 0.324 e. The molecule has 0 atom stereocenters. The van der Waals surface area contributed by atoms with E-state index in [1.54, 1.807) is 42.5 Å². The summed E-state index contributed by atoms with van der Waals surface area (Å²) in [5.41, 5.74) is 7.35. The van der Waals surface area contributed by atoms with E-state index in [2.05, 4.69) is 0 Å². The normalized spacial score (nSPS) is 11.4. The molecule has 0 fully saturated rings. The molecule has 2 nitrogen and oxygen atoms in total. The van der Waals surface area contributed by atoms with Crippen LogP contribution < -0.4 is 5.73 Å². The van der Waals surface area contributed by atoms with Gasteiger partial charge < -0.3 is 5.73 Å². The topological polar surface area (TPSA) is 43.1 Å². The Morgan fingerprint density at radius 3 is 2.25 bits per heavy atom. The molecule has 102 valence electrons. The summed E-state index contributed by atoms with van der Waals surface area (Å²) in [6.45, 7) is -0.100. The van der Waals surface area contributed by atoms with Crippen LogP contribution >= 0.6 is 11.6 Å². The number of hydrogen-bond acceptors (Lipinski definition) is 2. The van der Waals surface area contributed by atoms with Crippen molar-refractivity contribution in [2.24, 2.45) is 5.73 Å². The number of hydrogen-bond donors (Lipinski definition) is 1. The van der Waals surface area contributed by atoms with E-state index in [9.17, 15) is 9.18 Å². The first-order valence-electron chi connectivity index (χ1n) is 6.06. The van der Waals surface area contributed by atoms with Gasteiger partial charge in [0.05, 0.1) is 6.54 Å². The zero-order valence-electron chi connectivity index (χ0n) is 10.6. The van der Waals surface area contributed by atoms with Crippen LogP contribution in [-0.2, 0) is 4.79 Å². The second-order valence-corrected chi connectivity index (χ2v) is 4.68. The van der Waals surface area contributed by atoms with Gasteiger partial charge in [-0.25, -0.2) is 4.39 Å². The van der Waals surface area contributed by atoms with Crippen molar-refractivity contribution < 1.29 is 9.18 Å². The molecule has 2 N–H and O–H groups in total. The van der Waals surface area contributed by atoms with E-state index in [0.717, 1.165) is 5.56 Å². The first-order chi connectivity index (χ1) is 9.60. The Bertz CT molecular complexity index is 633. The molecule has 0 aliphatic rings. The third-order valence-electron chi connectivity index (χ3n) is 2.82. The highest BCUT2D eigenvalue weighted by atomic mass is 35.5. The molecule has 2 aromatic carbocycles. The van der Waals surface area contributed by atoms with Gasteiger partial charge in [0.2, 0.25) is 0 Å². The van der Waals surface area contributed by atoms with Crippen LogP contribution in [-0.4, -0.2) is 12.3 Å². The Hall–Kier alpha value is -1.97. The molecule has 0 radical (unpaired) electrons. The maximum absolute atomic E-state index is 13.0. The van der Waals surface area contributed by atoms with Gasteiger partial charge in [-0.3, -0.25) is 4.79 Å². The lowest BCUT2D eigenvalue weighted by atomic mass is 9.99. The SMILES string of the molecule is NCC(=O)/C(=C/c1ccc(Cl)cc1)c1ccc(F)cc1. The molecule has 0 saturated heterocycles. The van der Waals surface area contributed by atoms with Crippen LogP contribution in [0.1, 0.15) is 11.1 Å². The van der Waals surface area contributed by atoms with Crippen molar-refractivity contribution in [2.45, 2.75) is 0 Å². The number of ketones is 1. The Morgan fingerprint density at radius 2 is 1.70 bits per heavy atom. The number of carbonyl (C=O) groups is 1. The molecule has 0 heterocycles. The third kappa shape index (κ3) is 3.53. The molecular formula is C16H13ClFNO. The number of halogens is 2. The minimum atomic E-state index is -0.347. The van der Waals surface area contributed by atoms with Gasteiger partial charge in [0.15, 0.2) is 5.78 Å². The van der Waals surface area contributed by atoms with E-state index in [1.807, 2.05) is 0 Å². The molecule has 0 bridgehead atoms. The molecule has 2 aromatic rings. The van der Waals surface area contributed by atoms with Crippen molar-refractivity contribution >= 4 is 29.0 Å². The molecule has 0 aliphatic carbocycles. The summed E-state index contributed by atoms with van der Waals surface area (Å²) in [5.74, 6) is -0.550. The fourth-order valence-corrected chi connectivity index (χ4v) is 1.92.